The number of nitrogens with one attached hydrogen (secondary N) is 1. The largest absolute Gasteiger partial charge is 0.441 e. The molecule has 0 saturated heterocycles. The maximum Gasteiger partial charge on any atom is 0.192 e. The first-order valence-corrected chi connectivity index (χ1v) is 7.05. The van der Waals surface area contributed by atoms with E-state index < -0.39 is 0 Å². The summed E-state index contributed by atoms with van der Waals surface area (Å²) in [6.45, 7) is 3.93. The number of rotatable bonds is 4. The van der Waals surface area contributed by atoms with Crippen LogP contribution in [0, 0.1) is 12.7 Å². The smallest absolute Gasteiger partial charge is 0.192 e. The van der Waals surface area contributed by atoms with Gasteiger partial charge in [0.05, 0.1) is 6.04 Å². The topological polar surface area (TPSA) is 38.1 Å². The van der Waals surface area contributed by atoms with E-state index in [0.717, 1.165) is 28.8 Å². The fourth-order valence-electron chi connectivity index (χ4n) is 2.45. The van der Waals surface area contributed by atoms with Crippen molar-refractivity contribution in [3.63, 3.8) is 0 Å². The Labute approximate surface area is 122 Å². The van der Waals surface area contributed by atoms with E-state index in [1.54, 1.807) is 0 Å². The summed E-state index contributed by atoms with van der Waals surface area (Å²) in [5.74, 6) is 0.445. The number of hydrogen-bond donors (Lipinski definition) is 1. The van der Waals surface area contributed by atoms with Crippen molar-refractivity contribution in [3.8, 4) is 0 Å². The molecule has 0 aliphatic carbocycles. The number of benzene rings is 2. The first-order valence-electron chi connectivity index (χ1n) is 7.05. The lowest BCUT2D eigenvalue weighted by Crippen LogP contribution is -2.09. The van der Waals surface area contributed by atoms with Gasteiger partial charge in [0.2, 0.25) is 0 Å². The summed E-state index contributed by atoms with van der Waals surface area (Å²) in [4.78, 5) is 4.34. The van der Waals surface area contributed by atoms with Crippen molar-refractivity contribution < 1.29 is 8.81 Å². The third-order valence-electron chi connectivity index (χ3n) is 3.52. The number of fused-ring (bicyclic) bond motifs is 1. The summed E-state index contributed by atoms with van der Waals surface area (Å²) in [7, 11) is 0. The highest BCUT2D eigenvalue weighted by molar-refractivity contribution is 5.77. The molecule has 108 valence electrons. The molecule has 2 aromatic carbocycles. The summed E-state index contributed by atoms with van der Waals surface area (Å²) in [6, 6.07) is 12.6. The average Bonchev–Trinajstić information content (AvgIpc) is 2.85. The maximum atomic E-state index is 13.0. The molecule has 3 nitrogen and oxygen atoms in total. The monoisotopic (exact) mass is 284 g/mol. The molecular weight excluding hydrogens is 267 g/mol. The standard InChI is InChI=1S/C17H17FN2O/c1-3-15(12-4-6-13(18)7-5-12)20-14-8-9-17-16(10-14)19-11(2)21-17/h4-10,15,20H,3H2,1-2H3. The first-order chi connectivity index (χ1) is 10.2. The van der Waals surface area contributed by atoms with Crippen LogP contribution >= 0.6 is 0 Å². The molecule has 0 aliphatic rings. The highest BCUT2D eigenvalue weighted by atomic mass is 19.1. The molecule has 0 aliphatic heterocycles. The lowest BCUT2D eigenvalue weighted by Gasteiger charge is -2.18. The fraction of sp³-hybridized carbons (Fsp3) is 0.235. The molecule has 1 heterocycles. The lowest BCUT2D eigenvalue weighted by atomic mass is 10.0. The zero-order chi connectivity index (χ0) is 14.8. The van der Waals surface area contributed by atoms with Crippen molar-refractivity contribution in [1.82, 2.24) is 4.98 Å². The molecule has 3 aromatic rings. The number of hydrogen-bond acceptors (Lipinski definition) is 3. The molecule has 0 amide bonds. The van der Waals surface area contributed by atoms with Crippen LogP contribution in [0.15, 0.2) is 46.9 Å². The summed E-state index contributed by atoms with van der Waals surface area (Å²) in [5.41, 5.74) is 3.67. The molecule has 0 radical (unpaired) electrons. The Balaban J connectivity index is 1.86. The van der Waals surface area contributed by atoms with Crippen LogP contribution < -0.4 is 5.32 Å². The molecule has 0 bridgehead atoms. The number of nitrogens with zero attached hydrogens (tertiary/aromatic N) is 1. The Bertz CT molecular complexity index is 749. The number of aromatic nitrogens is 1. The molecule has 1 aromatic heterocycles. The zero-order valence-electron chi connectivity index (χ0n) is 12.1. The second kappa shape index (κ2) is 5.56. The molecule has 1 atom stereocenters. The number of anilines is 1. The third kappa shape index (κ3) is 2.89. The molecular formula is C17H17FN2O. The van der Waals surface area contributed by atoms with E-state index in [2.05, 4.69) is 17.2 Å². The Hall–Kier alpha value is -2.36. The number of halogens is 1. The van der Waals surface area contributed by atoms with Crippen molar-refractivity contribution in [2.75, 3.05) is 5.32 Å². The Morgan fingerprint density at radius 3 is 2.67 bits per heavy atom. The molecule has 4 heteroatoms. The van der Waals surface area contributed by atoms with E-state index in [0.29, 0.717) is 5.89 Å². The molecule has 0 fully saturated rings. The predicted octanol–water partition coefficient (Wildman–Crippen LogP) is 4.84. The molecule has 0 spiro atoms. The Kier molecular flexibility index (Phi) is 3.60. The van der Waals surface area contributed by atoms with Crippen molar-refractivity contribution in [1.29, 1.82) is 0 Å². The molecule has 21 heavy (non-hydrogen) atoms. The van der Waals surface area contributed by atoms with Gasteiger partial charge in [-0.25, -0.2) is 9.37 Å². The van der Waals surface area contributed by atoms with Crippen LogP contribution in [0.25, 0.3) is 11.1 Å². The van der Waals surface area contributed by atoms with Crippen molar-refractivity contribution in [2.24, 2.45) is 0 Å². The summed E-state index contributed by atoms with van der Waals surface area (Å²) < 4.78 is 18.5. The van der Waals surface area contributed by atoms with E-state index in [1.165, 1.54) is 12.1 Å². The van der Waals surface area contributed by atoms with Gasteiger partial charge in [0, 0.05) is 12.6 Å². The van der Waals surface area contributed by atoms with Crippen LogP contribution in [0.2, 0.25) is 0 Å². The summed E-state index contributed by atoms with van der Waals surface area (Å²) in [6.07, 6.45) is 0.904. The Morgan fingerprint density at radius 1 is 1.19 bits per heavy atom. The van der Waals surface area contributed by atoms with Gasteiger partial charge < -0.3 is 9.73 Å². The van der Waals surface area contributed by atoms with Gasteiger partial charge in [-0.3, -0.25) is 0 Å². The first kappa shape index (κ1) is 13.6. The van der Waals surface area contributed by atoms with Crippen molar-refractivity contribution >= 4 is 16.8 Å². The van der Waals surface area contributed by atoms with Gasteiger partial charge in [-0.2, -0.15) is 0 Å². The second-order valence-electron chi connectivity index (χ2n) is 5.07. The van der Waals surface area contributed by atoms with Gasteiger partial charge in [-0.1, -0.05) is 19.1 Å². The normalized spacial score (nSPS) is 12.5. The molecule has 1 N–H and O–H groups in total. The van der Waals surface area contributed by atoms with Gasteiger partial charge in [-0.05, 0) is 42.3 Å². The van der Waals surface area contributed by atoms with E-state index in [1.807, 2.05) is 37.3 Å². The summed E-state index contributed by atoms with van der Waals surface area (Å²) >= 11 is 0. The van der Waals surface area contributed by atoms with Gasteiger partial charge in [-0.15, -0.1) is 0 Å². The van der Waals surface area contributed by atoms with Crippen molar-refractivity contribution in [2.45, 2.75) is 26.3 Å². The number of oxazole rings is 1. The van der Waals surface area contributed by atoms with E-state index in [-0.39, 0.29) is 11.9 Å². The third-order valence-corrected chi connectivity index (χ3v) is 3.52. The van der Waals surface area contributed by atoms with Gasteiger partial charge in [0.25, 0.3) is 0 Å². The minimum absolute atomic E-state index is 0.135. The van der Waals surface area contributed by atoms with E-state index in [4.69, 9.17) is 4.42 Å². The Morgan fingerprint density at radius 2 is 1.95 bits per heavy atom. The van der Waals surface area contributed by atoms with Crippen LogP contribution in [-0.2, 0) is 0 Å². The lowest BCUT2D eigenvalue weighted by molar-refractivity contribution is 0.561. The van der Waals surface area contributed by atoms with Crippen LogP contribution in [0.3, 0.4) is 0 Å². The minimum Gasteiger partial charge on any atom is -0.441 e. The van der Waals surface area contributed by atoms with Crippen LogP contribution in [0.5, 0.6) is 0 Å². The number of aryl methyl sites for hydroxylation is 1. The van der Waals surface area contributed by atoms with Crippen LogP contribution in [-0.4, -0.2) is 4.98 Å². The predicted molar refractivity (Wildman–Crippen MR) is 81.8 cm³/mol. The van der Waals surface area contributed by atoms with E-state index in [9.17, 15) is 4.39 Å². The highest BCUT2D eigenvalue weighted by Crippen LogP contribution is 2.25. The van der Waals surface area contributed by atoms with Gasteiger partial charge in [0.1, 0.15) is 11.3 Å². The van der Waals surface area contributed by atoms with Gasteiger partial charge >= 0.3 is 0 Å². The fourth-order valence-corrected chi connectivity index (χ4v) is 2.45. The minimum atomic E-state index is -0.215. The molecule has 0 saturated carbocycles. The SMILES string of the molecule is CCC(Nc1ccc2oc(C)nc2c1)c1ccc(F)cc1. The quantitative estimate of drug-likeness (QED) is 0.745. The summed E-state index contributed by atoms with van der Waals surface area (Å²) in [5, 5.41) is 3.46. The van der Waals surface area contributed by atoms with Gasteiger partial charge in [0.15, 0.2) is 11.5 Å². The van der Waals surface area contributed by atoms with Crippen LogP contribution in [0.4, 0.5) is 10.1 Å². The molecule has 1 unspecified atom stereocenters. The van der Waals surface area contributed by atoms with Crippen LogP contribution in [0.1, 0.15) is 30.8 Å². The second-order valence-corrected chi connectivity index (χ2v) is 5.07. The van der Waals surface area contributed by atoms with Crippen molar-refractivity contribution in [3.05, 3.63) is 59.7 Å². The maximum absolute atomic E-state index is 13.0. The molecule has 3 rings (SSSR count). The van der Waals surface area contributed by atoms with E-state index >= 15 is 0 Å². The zero-order valence-corrected chi connectivity index (χ0v) is 12.1. The highest BCUT2D eigenvalue weighted by Gasteiger charge is 2.10. The average molecular weight is 284 g/mol.